The molecule has 0 spiro atoms. The normalized spacial score (nSPS) is 12.2. The minimum Gasteiger partial charge on any atom is -0.476 e. The summed E-state index contributed by atoms with van der Waals surface area (Å²) in [4.78, 5) is 20.8. The van der Waals surface area contributed by atoms with Gasteiger partial charge in [-0.2, -0.15) is 0 Å². The molecule has 0 saturated carbocycles. The summed E-state index contributed by atoms with van der Waals surface area (Å²) >= 11 is 0. The molecule has 0 aliphatic carbocycles. The van der Waals surface area contributed by atoms with Gasteiger partial charge in [-0.25, -0.2) is 9.78 Å². The quantitative estimate of drug-likeness (QED) is 0.742. The zero-order chi connectivity index (χ0) is 14.3. The lowest BCUT2D eigenvalue weighted by Gasteiger charge is -2.29. The topological polar surface area (TPSA) is 84.8 Å². The molecule has 0 aliphatic heterocycles. The van der Waals surface area contributed by atoms with E-state index in [4.69, 9.17) is 14.6 Å². The highest BCUT2D eigenvalue weighted by molar-refractivity contribution is 5.85. The molecule has 0 bridgehead atoms. The predicted octanol–water partition coefficient (Wildman–Crippen LogP) is 0.663. The second-order valence-electron chi connectivity index (χ2n) is 4.06. The first-order chi connectivity index (χ1) is 9.10. The van der Waals surface area contributed by atoms with Crippen LogP contribution < -0.4 is 4.90 Å². The summed E-state index contributed by atoms with van der Waals surface area (Å²) in [6.07, 6.45) is 2.76. The highest BCUT2D eigenvalue weighted by atomic mass is 16.5. The van der Waals surface area contributed by atoms with E-state index in [1.54, 1.807) is 14.2 Å². The van der Waals surface area contributed by atoms with Gasteiger partial charge in [0.05, 0.1) is 31.6 Å². The second-order valence-corrected chi connectivity index (χ2v) is 4.06. The van der Waals surface area contributed by atoms with Crippen LogP contribution in [0.4, 0.5) is 5.82 Å². The molecule has 1 rings (SSSR count). The molecule has 0 fully saturated rings. The predicted molar refractivity (Wildman–Crippen MR) is 69.6 cm³/mol. The van der Waals surface area contributed by atoms with Crippen LogP contribution in [0, 0.1) is 0 Å². The number of methoxy groups -OCH3 is 2. The third kappa shape index (κ3) is 4.46. The number of ether oxygens (including phenoxy) is 2. The number of hydrogen-bond acceptors (Lipinski definition) is 6. The summed E-state index contributed by atoms with van der Waals surface area (Å²) in [5.41, 5.74) is -0.0791. The average molecular weight is 269 g/mol. The smallest absolute Gasteiger partial charge is 0.356 e. The Kier molecular flexibility index (Phi) is 6.17. The van der Waals surface area contributed by atoms with E-state index < -0.39 is 5.97 Å². The van der Waals surface area contributed by atoms with Gasteiger partial charge >= 0.3 is 5.97 Å². The van der Waals surface area contributed by atoms with Crippen molar-refractivity contribution in [1.82, 2.24) is 9.97 Å². The molecule has 19 heavy (non-hydrogen) atoms. The Morgan fingerprint density at radius 3 is 2.74 bits per heavy atom. The molecule has 1 atom stereocenters. The summed E-state index contributed by atoms with van der Waals surface area (Å²) < 4.78 is 10.2. The lowest BCUT2D eigenvalue weighted by atomic mass is 10.3. The van der Waals surface area contributed by atoms with E-state index in [1.165, 1.54) is 12.4 Å². The fraction of sp³-hybridized carbons (Fsp3) is 0.583. The summed E-state index contributed by atoms with van der Waals surface area (Å²) in [5.74, 6) is -0.595. The summed E-state index contributed by atoms with van der Waals surface area (Å²) in [6, 6.07) is 0.0403. The van der Waals surface area contributed by atoms with Crippen LogP contribution >= 0.6 is 0 Å². The van der Waals surface area contributed by atoms with Crippen LogP contribution in [0.3, 0.4) is 0 Å². The van der Waals surface area contributed by atoms with Gasteiger partial charge in [-0.05, 0) is 6.92 Å². The number of carboxylic acids is 1. The Balaban J connectivity index is 2.95. The molecule has 0 saturated heterocycles. The van der Waals surface area contributed by atoms with E-state index in [9.17, 15) is 4.79 Å². The molecular weight excluding hydrogens is 250 g/mol. The van der Waals surface area contributed by atoms with E-state index in [0.29, 0.717) is 25.6 Å². The lowest BCUT2D eigenvalue weighted by Crippen LogP contribution is -2.39. The first-order valence-electron chi connectivity index (χ1n) is 5.90. The second kappa shape index (κ2) is 7.65. The number of carboxylic acid groups (broad SMARTS) is 1. The van der Waals surface area contributed by atoms with Crippen molar-refractivity contribution in [2.24, 2.45) is 0 Å². The lowest BCUT2D eigenvalue weighted by molar-refractivity contribution is 0.0690. The monoisotopic (exact) mass is 269 g/mol. The number of anilines is 1. The minimum absolute atomic E-state index is 0.0403. The fourth-order valence-corrected chi connectivity index (χ4v) is 1.68. The van der Waals surface area contributed by atoms with Gasteiger partial charge in [-0.15, -0.1) is 0 Å². The van der Waals surface area contributed by atoms with E-state index in [-0.39, 0.29) is 11.7 Å². The molecule has 1 heterocycles. The van der Waals surface area contributed by atoms with Crippen molar-refractivity contribution in [3.63, 3.8) is 0 Å². The molecule has 1 N–H and O–H groups in total. The van der Waals surface area contributed by atoms with Gasteiger partial charge in [0, 0.05) is 20.8 Å². The minimum atomic E-state index is -1.10. The molecule has 106 valence electrons. The Hall–Kier alpha value is -1.73. The Labute approximate surface area is 112 Å². The SMILES string of the molecule is COCCN(c1cncc(C(=O)O)n1)C(C)COC. The third-order valence-corrected chi connectivity index (χ3v) is 2.61. The number of carbonyl (C=O) groups is 1. The summed E-state index contributed by atoms with van der Waals surface area (Å²) in [6.45, 7) is 3.56. The standard InChI is InChI=1S/C12H19N3O4/c1-9(8-19-3)15(4-5-18-2)11-7-13-6-10(14-11)12(16)17/h6-7,9H,4-5,8H2,1-3H3,(H,16,17). The van der Waals surface area contributed by atoms with Crippen molar-refractivity contribution in [2.75, 3.05) is 38.9 Å². The van der Waals surface area contributed by atoms with E-state index >= 15 is 0 Å². The van der Waals surface area contributed by atoms with Crippen molar-refractivity contribution in [3.8, 4) is 0 Å². The van der Waals surface area contributed by atoms with Gasteiger partial charge in [-0.1, -0.05) is 0 Å². The third-order valence-electron chi connectivity index (χ3n) is 2.61. The van der Waals surface area contributed by atoms with Gasteiger partial charge in [0.1, 0.15) is 5.82 Å². The van der Waals surface area contributed by atoms with E-state index in [1.807, 2.05) is 11.8 Å². The van der Waals surface area contributed by atoms with E-state index in [2.05, 4.69) is 9.97 Å². The average Bonchev–Trinajstić information content (AvgIpc) is 2.40. The highest BCUT2D eigenvalue weighted by Crippen LogP contribution is 2.13. The molecule has 1 aromatic heterocycles. The van der Waals surface area contributed by atoms with Crippen LogP contribution in [-0.2, 0) is 9.47 Å². The van der Waals surface area contributed by atoms with Gasteiger partial charge in [0.25, 0.3) is 0 Å². The number of rotatable bonds is 8. The van der Waals surface area contributed by atoms with Crippen molar-refractivity contribution in [2.45, 2.75) is 13.0 Å². The van der Waals surface area contributed by atoms with Crippen molar-refractivity contribution >= 4 is 11.8 Å². The maximum absolute atomic E-state index is 10.9. The van der Waals surface area contributed by atoms with Gasteiger partial charge < -0.3 is 19.5 Å². The maximum Gasteiger partial charge on any atom is 0.356 e. The molecule has 1 unspecified atom stereocenters. The Bertz CT molecular complexity index is 414. The number of nitrogens with zero attached hydrogens (tertiary/aromatic N) is 3. The number of aromatic nitrogens is 2. The molecule has 1 aromatic rings. The summed E-state index contributed by atoms with van der Waals surface area (Å²) in [7, 11) is 3.23. The van der Waals surface area contributed by atoms with Gasteiger partial charge in [0.2, 0.25) is 0 Å². The first-order valence-corrected chi connectivity index (χ1v) is 5.90. The Morgan fingerprint density at radius 1 is 1.42 bits per heavy atom. The fourth-order valence-electron chi connectivity index (χ4n) is 1.68. The zero-order valence-corrected chi connectivity index (χ0v) is 11.4. The van der Waals surface area contributed by atoms with Crippen LogP contribution in [0.15, 0.2) is 12.4 Å². The highest BCUT2D eigenvalue weighted by Gasteiger charge is 2.17. The maximum atomic E-state index is 10.9. The molecule has 0 aliphatic rings. The van der Waals surface area contributed by atoms with Crippen LogP contribution in [-0.4, -0.2) is 61.1 Å². The van der Waals surface area contributed by atoms with Gasteiger partial charge in [-0.3, -0.25) is 4.98 Å². The van der Waals surface area contributed by atoms with Crippen LogP contribution in [0.5, 0.6) is 0 Å². The van der Waals surface area contributed by atoms with Crippen LogP contribution in [0.25, 0.3) is 0 Å². The zero-order valence-electron chi connectivity index (χ0n) is 11.4. The molecular formula is C12H19N3O4. The molecule has 0 aromatic carbocycles. The molecule has 0 radical (unpaired) electrons. The largest absolute Gasteiger partial charge is 0.476 e. The van der Waals surface area contributed by atoms with Crippen molar-refractivity contribution in [1.29, 1.82) is 0 Å². The molecule has 7 nitrogen and oxygen atoms in total. The van der Waals surface area contributed by atoms with Crippen molar-refractivity contribution < 1.29 is 19.4 Å². The number of hydrogen-bond donors (Lipinski definition) is 1. The first kappa shape index (κ1) is 15.3. The number of aromatic carboxylic acids is 1. The van der Waals surface area contributed by atoms with Gasteiger partial charge in [0.15, 0.2) is 5.69 Å². The van der Waals surface area contributed by atoms with E-state index in [0.717, 1.165) is 0 Å². The Morgan fingerprint density at radius 2 is 2.16 bits per heavy atom. The van der Waals surface area contributed by atoms with Crippen LogP contribution in [0.1, 0.15) is 17.4 Å². The van der Waals surface area contributed by atoms with Crippen molar-refractivity contribution in [3.05, 3.63) is 18.1 Å². The van der Waals surface area contributed by atoms with Crippen LogP contribution in [0.2, 0.25) is 0 Å². The molecule has 7 heteroatoms. The molecule has 0 amide bonds. The summed E-state index contributed by atoms with van der Waals surface area (Å²) in [5, 5.41) is 8.94.